The quantitative estimate of drug-likeness (QED) is 0.740. The second-order valence-corrected chi connectivity index (χ2v) is 5.68. The number of hydrogen-bond acceptors (Lipinski definition) is 3. The van der Waals surface area contributed by atoms with Gasteiger partial charge >= 0.3 is 0 Å². The van der Waals surface area contributed by atoms with Gasteiger partial charge in [0.2, 0.25) is 5.91 Å². The Morgan fingerprint density at radius 2 is 1.81 bits per heavy atom. The van der Waals surface area contributed by atoms with Crippen LogP contribution in [0.4, 0.5) is 4.39 Å². The topological polar surface area (TPSA) is 58.6 Å². The number of nitrogens with zero attached hydrogens (tertiary/aromatic N) is 1. The average Bonchev–Trinajstić information content (AvgIpc) is 2.65. The summed E-state index contributed by atoms with van der Waals surface area (Å²) in [5.41, 5.74) is 1.24. The van der Waals surface area contributed by atoms with E-state index in [1.165, 1.54) is 29.2 Å². The van der Waals surface area contributed by atoms with Crippen molar-refractivity contribution in [1.82, 2.24) is 10.2 Å². The van der Waals surface area contributed by atoms with E-state index in [0.29, 0.717) is 18.7 Å². The summed E-state index contributed by atoms with van der Waals surface area (Å²) in [7, 11) is 1.66. The van der Waals surface area contributed by atoms with Crippen molar-refractivity contribution in [3.63, 3.8) is 0 Å². The molecule has 136 valence electrons. The van der Waals surface area contributed by atoms with E-state index < -0.39 is 11.7 Å². The van der Waals surface area contributed by atoms with Gasteiger partial charge in [0.05, 0.1) is 6.54 Å². The van der Waals surface area contributed by atoms with Crippen LogP contribution in [-0.4, -0.2) is 36.9 Å². The Morgan fingerprint density at radius 1 is 1.15 bits per heavy atom. The summed E-state index contributed by atoms with van der Waals surface area (Å²) in [6.07, 6.45) is 1.67. The molecule has 0 atom stereocenters. The van der Waals surface area contributed by atoms with Crippen LogP contribution in [0.2, 0.25) is 0 Å². The van der Waals surface area contributed by atoms with E-state index in [2.05, 4.69) is 11.9 Å². The van der Waals surface area contributed by atoms with Crippen LogP contribution >= 0.6 is 0 Å². The molecule has 0 fully saturated rings. The van der Waals surface area contributed by atoms with Crippen LogP contribution in [0, 0.1) is 5.82 Å². The Hall–Kier alpha value is -3.15. The fraction of sp³-hybridized carbons (Fsp3) is 0.200. The number of nitrogens with one attached hydrogen (secondary N) is 1. The van der Waals surface area contributed by atoms with E-state index in [0.717, 1.165) is 11.3 Å². The first-order valence-corrected chi connectivity index (χ1v) is 8.10. The van der Waals surface area contributed by atoms with Gasteiger partial charge in [-0.05, 0) is 42.0 Å². The molecule has 0 saturated heterocycles. The number of benzene rings is 2. The highest BCUT2D eigenvalue weighted by molar-refractivity contribution is 5.96. The Bertz CT molecular complexity index is 758. The lowest BCUT2D eigenvalue weighted by Gasteiger charge is -2.18. The first kappa shape index (κ1) is 19.2. The third kappa shape index (κ3) is 5.73. The zero-order valence-corrected chi connectivity index (χ0v) is 14.6. The first-order valence-electron chi connectivity index (χ1n) is 8.10. The second-order valence-electron chi connectivity index (χ2n) is 5.68. The molecule has 1 N–H and O–H groups in total. The maximum atomic E-state index is 12.9. The SMILES string of the molecule is C=CCOc1ccc(CN(C)C(=O)CNC(=O)c2ccc(F)cc2)cc1. The van der Waals surface area contributed by atoms with Gasteiger partial charge in [-0.2, -0.15) is 0 Å². The highest BCUT2D eigenvalue weighted by Crippen LogP contribution is 2.13. The lowest BCUT2D eigenvalue weighted by Crippen LogP contribution is -2.37. The monoisotopic (exact) mass is 356 g/mol. The highest BCUT2D eigenvalue weighted by Gasteiger charge is 2.12. The third-order valence-corrected chi connectivity index (χ3v) is 3.64. The molecule has 26 heavy (non-hydrogen) atoms. The zero-order valence-electron chi connectivity index (χ0n) is 14.6. The molecule has 0 aromatic heterocycles. The minimum Gasteiger partial charge on any atom is -0.490 e. The molecule has 5 nitrogen and oxygen atoms in total. The maximum Gasteiger partial charge on any atom is 0.251 e. The highest BCUT2D eigenvalue weighted by atomic mass is 19.1. The fourth-order valence-electron chi connectivity index (χ4n) is 2.20. The van der Waals surface area contributed by atoms with Crippen molar-refractivity contribution in [3.8, 4) is 5.75 Å². The molecule has 0 bridgehead atoms. The van der Waals surface area contributed by atoms with E-state index in [-0.39, 0.29) is 12.5 Å². The molecular formula is C20H21FN2O3. The van der Waals surface area contributed by atoms with Gasteiger partial charge in [0.25, 0.3) is 5.91 Å². The lowest BCUT2D eigenvalue weighted by atomic mass is 10.2. The van der Waals surface area contributed by atoms with Crippen LogP contribution < -0.4 is 10.1 Å². The van der Waals surface area contributed by atoms with E-state index in [9.17, 15) is 14.0 Å². The summed E-state index contributed by atoms with van der Waals surface area (Å²) in [4.78, 5) is 25.6. The Kier molecular flexibility index (Phi) is 6.91. The summed E-state index contributed by atoms with van der Waals surface area (Å²) in [5.74, 6) is -0.338. The molecule has 2 aromatic carbocycles. The molecule has 2 amide bonds. The number of ether oxygens (including phenoxy) is 1. The Labute approximate surface area is 152 Å². The average molecular weight is 356 g/mol. The molecule has 0 aliphatic heterocycles. The molecule has 0 heterocycles. The minimum absolute atomic E-state index is 0.132. The molecule has 2 rings (SSSR count). The van der Waals surface area contributed by atoms with Crippen molar-refractivity contribution >= 4 is 11.8 Å². The van der Waals surface area contributed by atoms with Crippen LogP contribution in [0.5, 0.6) is 5.75 Å². The van der Waals surface area contributed by atoms with Gasteiger partial charge in [-0.15, -0.1) is 0 Å². The predicted molar refractivity (Wildman–Crippen MR) is 97.3 cm³/mol. The molecular weight excluding hydrogens is 335 g/mol. The number of carbonyl (C=O) groups excluding carboxylic acids is 2. The molecule has 0 unspecified atom stereocenters. The molecule has 0 radical (unpaired) electrons. The summed E-state index contributed by atoms with van der Waals surface area (Å²) < 4.78 is 18.3. The summed E-state index contributed by atoms with van der Waals surface area (Å²) in [6.45, 7) is 4.30. The Balaban J connectivity index is 1.82. The first-order chi connectivity index (χ1) is 12.5. The summed E-state index contributed by atoms with van der Waals surface area (Å²) >= 11 is 0. The lowest BCUT2D eigenvalue weighted by molar-refractivity contribution is -0.129. The van der Waals surface area contributed by atoms with Crippen molar-refractivity contribution in [2.75, 3.05) is 20.2 Å². The predicted octanol–water partition coefficient (Wildman–Crippen LogP) is 2.78. The van der Waals surface area contributed by atoms with Crippen molar-refractivity contribution in [2.45, 2.75) is 6.54 Å². The Morgan fingerprint density at radius 3 is 2.42 bits per heavy atom. The van der Waals surface area contributed by atoms with Gasteiger partial charge in [-0.3, -0.25) is 9.59 Å². The van der Waals surface area contributed by atoms with Crippen molar-refractivity contribution < 1.29 is 18.7 Å². The van der Waals surface area contributed by atoms with Gasteiger partial charge < -0.3 is 15.0 Å². The van der Waals surface area contributed by atoms with Gasteiger partial charge in [-0.1, -0.05) is 24.8 Å². The van der Waals surface area contributed by atoms with E-state index in [1.54, 1.807) is 13.1 Å². The van der Waals surface area contributed by atoms with Crippen LogP contribution in [0.3, 0.4) is 0 Å². The van der Waals surface area contributed by atoms with Crippen LogP contribution in [0.1, 0.15) is 15.9 Å². The number of hydrogen-bond donors (Lipinski definition) is 1. The van der Waals surface area contributed by atoms with Crippen molar-refractivity contribution in [2.24, 2.45) is 0 Å². The van der Waals surface area contributed by atoms with Crippen molar-refractivity contribution in [3.05, 3.63) is 78.1 Å². The smallest absolute Gasteiger partial charge is 0.251 e. The number of amides is 2. The zero-order chi connectivity index (χ0) is 18.9. The second kappa shape index (κ2) is 9.36. The standard InChI is InChI=1S/C20H21FN2O3/c1-3-12-26-18-10-4-15(5-11-18)14-23(2)19(24)13-22-20(25)16-6-8-17(21)9-7-16/h3-11H,1,12-14H2,2H3,(H,22,25). The fourth-order valence-corrected chi connectivity index (χ4v) is 2.20. The normalized spacial score (nSPS) is 10.1. The maximum absolute atomic E-state index is 12.9. The number of likely N-dealkylation sites (N-methyl/N-ethyl adjacent to an activating group) is 1. The number of rotatable bonds is 8. The van der Waals surface area contributed by atoms with Crippen molar-refractivity contribution in [1.29, 1.82) is 0 Å². The van der Waals surface area contributed by atoms with Gasteiger partial charge in [-0.25, -0.2) is 4.39 Å². The van der Waals surface area contributed by atoms with E-state index in [4.69, 9.17) is 4.74 Å². The minimum atomic E-state index is -0.421. The summed E-state index contributed by atoms with van der Waals surface area (Å²) in [6, 6.07) is 12.5. The molecule has 0 spiro atoms. The van der Waals surface area contributed by atoms with Gasteiger partial charge in [0, 0.05) is 19.2 Å². The van der Waals surface area contributed by atoms with Gasteiger partial charge in [0.1, 0.15) is 18.2 Å². The molecule has 0 aliphatic carbocycles. The number of carbonyl (C=O) groups is 2. The van der Waals surface area contributed by atoms with Crippen LogP contribution in [0.25, 0.3) is 0 Å². The molecule has 0 saturated carbocycles. The van der Waals surface area contributed by atoms with Crippen LogP contribution in [0.15, 0.2) is 61.2 Å². The molecule has 0 aliphatic rings. The number of halogens is 1. The van der Waals surface area contributed by atoms with E-state index >= 15 is 0 Å². The van der Waals surface area contributed by atoms with E-state index in [1.807, 2.05) is 24.3 Å². The molecule has 2 aromatic rings. The molecule has 6 heteroatoms. The van der Waals surface area contributed by atoms with Gasteiger partial charge in [0.15, 0.2) is 0 Å². The third-order valence-electron chi connectivity index (χ3n) is 3.64. The largest absolute Gasteiger partial charge is 0.490 e. The van der Waals surface area contributed by atoms with Crippen LogP contribution in [-0.2, 0) is 11.3 Å². The summed E-state index contributed by atoms with van der Waals surface area (Å²) in [5, 5.41) is 2.54.